The number of halogens is 2. The van der Waals surface area contributed by atoms with E-state index >= 15 is 0 Å². The van der Waals surface area contributed by atoms with Crippen molar-refractivity contribution in [1.82, 2.24) is 4.98 Å². The maximum atomic E-state index is 12.1. The first-order valence-electron chi connectivity index (χ1n) is 5.54. The van der Waals surface area contributed by atoms with Crippen LogP contribution in [0.5, 0.6) is 11.5 Å². The molecule has 104 valence electrons. The van der Waals surface area contributed by atoms with Gasteiger partial charge in [-0.1, -0.05) is 23.2 Å². The first kappa shape index (κ1) is 14.4. The summed E-state index contributed by atoms with van der Waals surface area (Å²) in [6.07, 6.45) is 0. The predicted octanol–water partition coefficient (Wildman–Crippen LogP) is 3.36. The lowest BCUT2D eigenvalue weighted by atomic mass is 10.1. The normalized spacial score (nSPS) is 10.3. The Hall–Kier alpha value is -1.98. The van der Waals surface area contributed by atoms with Gasteiger partial charge in [0.1, 0.15) is 16.7 Å². The number of carbonyl (C=O) groups is 1. The number of pyridine rings is 1. The summed E-state index contributed by atoms with van der Waals surface area (Å²) < 4.78 is 0. The van der Waals surface area contributed by atoms with Gasteiger partial charge in [0.25, 0.3) is 5.91 Å². The molecule has 0 atom stereocenters. The first-order chi connectivity index (χ1) is 9.38. The Balaban J connectivity index is 2.33. The van der Waals surface area contributed by atoms with E-state index in [-0.39, 0.29) is 27.4 Å². The SMILES string of the molecule is Cc1cc(Cl)nc(Cl)c1NC(=O)c1ccc(O)cc1O. The second kappa shape index (κ2) is 5.56. The van der Waals surface area contributed by atoms with Crippen molar-refractivity contribution in [3.05, 3.63) is 45.7 Å². The third-order valence-corrected chi connectivity index (χ3v) is 3.07. The molecule has 1 aromatic carbocycles. The lowest BCUT2D eigenvalue weighted by molar-refractivity contribution is 0.102. The summed E-state index contributed by atoms with van der Waals surface area (Å²) in [4.78, 5) is 15.9. The van der Waals surface area contributed by atoms with Gasteiger partial charge in [0.05, 0.1) is 11.3 Å². The number of anilines is 1. The predicted molar refractivity (Wildman–Crippen MR) is 76.7 cm³/mol. The number of hydrogen-bond acceptors (Lipinski definition) is 4. The molecule has 7 heteroatoms. The summed E-state index contributed by atoms with van der Waals surface area (Å²) in [7, 11) is 0. The number of aryl methyl sites for hydroxylation is 1. The number of nitrogens with one attached hydrogen (secondary N) is 1. The van der Waals surface area contributed by atoms with Crippen molar-refractivity contribution < 1.29 is 15.0 Å². The number of amides is 1. The molecule has 0 saturated heterocycles. The Morgan fingerprint density at radius 2 is 1.95 bits per heavy atom. The molecule has 1 heterocycles. The van der Waals surface area contributed by atoms with Crippen molar-refractivity contribution in [2.24, 2.45) is 0 Å². The number of rotatable bonds is 2. The van der Waals surface area contributed by atoms with Crippen LogP contribution < -0.4 is 5.32 Å². The Morgan fingerprint density at radius 1 is 1.25 bits per heavy atom. The number of hydrogen-bond donors (Lipinski definition) is 3. The van der Waals surface area contributed by atoms with Gasteiger partial charge in [0, 0.05) is 6.07 Å². The molecule has 0 bridgehead atoms. The molecule has 0 unspecified atom stereocenters. The molecule has 2 aromatic rings. The van der Waals surface area contributed by atoms with Crippen LogP contribution in [0.1, 0.15) is 15.9 Å². The molecule has 0 radical (unpaired) electrons. The van der Waals surface area contributed by atoms with Crippen molar-refractivity contribution >= 4 is 34.8 Å². The van der Waals surface area contributed by atoms with Crippen LogP contribution in [0.2, 0.25) is 10.3 Å². The van der Waals surface area contributed by atoms with E-state index in [2.05, 4.69) is 10.3 Å². The zero-order valence-electron chi connectivity index (χ0n) is 10.3. The van der Waals surface area contributed by atoms with Crippen LogP contribution in [0.25, 0.3) is 0 Å². The Labute approximate surface area is 124 Å². The van der Waals surface area contributed by atoms with Crippen LogP contribution in [0.15, 0.2) is 24.3 Å². The molecule has 0 saturated carbocycles. The molecule has 1 aromatic heterocycles. The summed E-state index contributed by atoms with van der Waals surface area (Å²) in [5, 5.41) is 21.6. The number of phenolic OH excluding ortho intramolecular Hbond substituents is 2. The number of aromatic nitrogens is 1. The second-order valence-corrected chi connectivity index (χ2v) is 4.83. The first-order valence-corrected chi connectivity index (χ1v) is 6.30. The largest absolute Gasteiger partial charge is 0.508 e. The van der Waals surface area contributed by atoms with E-state index in [1.165, 1.54) is 12.1 Å². The lowest BCUT2D eigenvalue weighted by Crippen LogP contribution is -2.13. The fourth-order valence-corrected chi connectivity index (χ4v) is 2.22. The Morgan fingerprint density at radius 3 is 2.55 bits per heavy atom. The van der Waals surface area contributed by atoms with Crippen molar-refractivity contribution in [1.29, 1.82) is 0 Å². The van der Waals surface area contributed by atoms with E-state index in [9.17, 15) is 15.0 Å². The van der Waals surface area contributed by atoms with Gasteiger partial charge >= 0.3 is 0 Å². The summed E-state index contributed by atoms with van der Waals surface area (Å²) in [5.74, 6) is -1.05. The maximum absolute atomic E-state index is 12.1. The summed E-state index contributed by atoms with van der Waals surface area (Å²) >= 11 is 11.7. The van der Waals surface area contributed by atoms with Crippen LogP contribution in [0.4, 0.5) is 5.69 Å². The summed E-state index contributed by atoms with van der Waals surface area (Å²) in [6, 6.07) is 5.22. The van der Waals surface area contributed by atoms with Gasteiger partial charge in [-0.2, -0.15) is 0 Å². The highest BCUT2D eigenvalue weighted by atomic mass is 35.5. The minimum Gasteiger partial charge on any atom is -0.508 e. The lowest BCUT2D eigenvalue weighted by Gasteiger charge is -2.11. The van der Waals surface area contributed by atoms with E-state index in [1.54, 1.807) is 13.0 Å². The number of carbonyl (C=O) groups excluding carboxylic acids is 1. The summed E-state index contributed by atoms with van der Waals surface area (Å²) in [6.45, 7) is 1.71. The minimum absolute atomic E-state index is 0.00761. The second-order valence-electron chi connectivity index (χ2n) is 4.08. The van der Waals surface area contributed by atoms with E-state index in [0.717, 1.165) is 6.07 Å². The Kier molecular flexibility index (Phi) is 4.01. The zero-order chi connectivity index (χ0) is 14.9. The smallest absolute Gasteiger partial charge is 0.259 e. The monoisotopic (exact) mass is 312 g/mol. The molecule has 0 aliphatic rings. The Bertz CT molecular complexity index is 666. The highest BCUT2D eigenvalue weighted by Crippen LogP contribution is 2.28. The molecule has 0 spiro atoms. The molecule has 0 fully saturated rings. The van der Waals surface area contributed by atoms with Gasteiger partial charge in [0.2, 0.25) is 0 Å². The van der Waals surface area contributed by atoms with Gasteiger partial charge in [-0.25, -0.2) is 4.98 Å². The molecule has 0 aliphatic carbocycles. The summed E-state index contributed by atoms with van der Waals surface area (Å²) in [5.41, 5.74) is 0.961. The van der Waals surface area contributed by atoms with Crippen LogP contribution in [-0.2, 0) is 0 Å². The highest BCUT2D eigenvalue weighted by Gasteiger charge is 2.15. The third kappa shape index (κ3) is 2.95. The van der Waals surface area contributed by atoms with E-state index < -0.39 is 5.91 Å². The van der Waals surface area contributed by atoms with Crippen molar-refractivity contribution in [3.63, 3.8) is 0 Å². The number of phenols is 2. The highest BCUT2D eigenvalue weighted by molar-refractivity contribution is 6.35. The van der Waals surface area contributed by atoms with E-state index in [1.807, 2.05) is 0 Å². The quantitative estimate of drug-likeness (QED) is 0.743. The average molecular weight is 313 g/mol. The third-order valence-electron chi connectivity index (χ3n) is 2.61. The van der Waals surface area contributed by atoms with E-state index in [4.69, 9.17) is 23.2 Å². The molecule has 5 nitrogen and oxygen atoms in total. The van der Waals surface area contributed by atoms with Crippen LogP contribution in [-0.4, -0.2) is 21.1 Å². The van der Waals surface area contributed by atoms with E-state index in [0.29, 0.717) is 11.3 Å². The topological polar surface area (TPSA) is 82.5 Å². The molecule has 0 aliphatic heterocycles. The van der Waals surface area contributed by atoms with Crippen LogP contribution in [0, 0.1) is 6.92 Å². The zero-order valence-corrected chi connectivity index (χ0v) is 11.8. The van der Waals surface area contributed by atoms with Crippen LogP contribution in [0.3, 0.4) is 0 Å². The van der Waals surface area contributed by atoms with Crippen molar-refractivity contribution in [2.75, 3.05) is 5.32 Å². The van der Waals surface area contributed by atoms with Crippen LogP contribution >= 0.6 is 23.2 Å². The van der Waals surface area contributed by atoms with Gasteiger partial charge in [-0.3, -0.25) is 4.79 Å². The standard InChI is InChI=1S/C13H10Cl2N2O3/c1-6-4-10(14)16-12(15)11(6)17-13(20)8-3-2-7(18)5-9(8)19/h2-5,18-19H,1H3,(H,17,20). The number of benzene rings is 1. The molecule has 20 heavy (non-hydrogen) atoms. The average Bonchev–Trinajstić information content (AvgIpc) is 2.33. The molecule has 3 N–H and O–H groups in total. The molecule has 2 rings (SSSR count). The maximum Gasteiger partial charge on any atom is 0.259 e. The fourth-order valence-electron chi connectivity index (χ4n) is 1.64. The fraction of sp³-hybridized carbons (Fsp3) is 0.0769. The minimum atomic E-state index is -0.573. The van der Waals surface area contributed by atoms with Gasteiger partial charge in [-0.15, -0.1) is 0 Å². The van der Waals surface area contributed by atoms with Gasteiger partial charge in [-0.05, 0) is 30.7 Å². The van der Waals surface area contributed by atoms with Crippen molar-refractivity contribution in [2.45, 2.75) is 6.92 Å². The molecular formula is C13H10Cl2N2O3. The number of aromatic hydroxyl groups is 2. The van der Waals surface area contributed by atoms with Crippen molar-refractivity contribution in [3.8, 4) is 11.5 Å². The number of nitrogens with zero attached hydrogens (tertiary/aromatic N) is 1. The molecular weight excluding hydrogens is 303 g/mol. The van der Waals surface area contributed by atoms with Gasteiger partial charge in [0.15, 0.2) is 5.15 Å². The van der Waals surface area contributed by atoms with Gasteiger partial charge < -0.3 is 15.5 Å². The molecule has 1 amide bonds.